The second-order valence-electron chi connectivity index (χ2n) is 6.40. The van der Waals surface area contributed by atoms with Crippen LogP contribution >= 0.6 is 0 Å². The van der Waals surface area contributed by atoms with Crippen molar-refractivity contribution in [3.63, 3.8) is 0 Å². The number of carbonyl (C=O) groups excluding carboxylic acids is 1. The molecule has 1 aliphatic rings. The van der Waals surface area contributed by atoms with Crippen LogP contribution in [0.3, 0.4) is 0 Å². The first-order chi connectivity index (χ1) is 11.0. The van der Waals surface area contributed by atoms with Gasteiger partial charge in [0, 0.05) is 5.69 Å². The normalized spacial score (nSPS) is 16.5. The van der Waals surface area contributed by atoms with Crippen molar-refractivity contribution < 1.29 is 9.90 Å². The number of rotatable bonds is 4. The zero-order valence-corrected chi connectivity index (χ0v) is 13.5. The molecule has 0 spiro atoms. The molecule has 0 atom stereocenters. The highest BCUT2D eigenvalue weighted by Gasteiger charge is 2.33. The number of aromatic nitrogens is 3. The summed E-state index contributed by atoms with van der Waals surface area (Å²) in [6.45, 7) is 3.91. The SMILES string of the molecule is Cc1cc(C)n(-c2ccc(NC(=O)CC3(O)CCCC3)cn2)n1. The maximum absolute atomic E-state index is 12.1. The Bertz CT molecular complexity index is 700. The molecule has 2 heterocycles. The topological polar surface area (TPSA) is 80.0 Å². The molecule has 1 saturated carbocycles. The number of anilines is 1. The Kier molecular flexibility index (Phi) is 4.17. The van der Waals surface area contributed by atoms with Gasteiger partial charge in [-0.3, -0.25) is 4.79 Å². The highest BCUT2D eigenvalue weighted by molar-refractivity contribution is 5.91. The fraction of sp³-hybridized carbons (Fsp3) is 0.471. The van der Waals surface area contributed by atoms with Crippen LogP contribution in [0.1, 0.15) is 43.5 Å². The molecular weight excluding hydrogens is 292 g/mol. The fourth-order valence-corrected chi connectivity index (χ4v) is 3.16. The Labute approximate surface area is 135 Å². The van der Waals surface area contributed by atoms with E-state index in [4.69, 9.17) is 0 Å². The lowest BCUT2D eigenvalue weighted by atomic mass is 9.98. The van der Waals surface area contributed by atoms with Gasteiger partial charge in [-0.2, -0.15) is 5.10 Å². The summed E-state index contributed by atoms with van der Waals surface area (Å²) >= 11 is 0. The van der Waals surface area contributed by atoms with Gasteiger partial charge in [0.25, 0.3) is 0 Å². The number of hydrogen-bond donors (Lipinski definition) is 2. The monoisotopic (exact) mass is 314 g/mol. The molecule has 1 fully saturated rings. The van der Waals surface area contributed by atoms with Crippen LogP contribution in [0.5, 0.6) is 0 Å². The smallest absolute Gasteiger partial charge is 0.227 e. The predicted molar refractivity (Wildman–Crippen MR) is 87.5 cm³/mol. The van der Waals surface area contributed by atoms with Gasteiger partial charge in [-0.05, 0) is 44.9 Å². The van der Waals surface area contributed by atoms with Crippen molar-refractivity contribution in [2.45, 2.75) is 51.6 Å². The van der Waals surface area contributed by atoms with Crippen molar-refractivity contribution >= 4 is 11.6 Å². The quantitative estimate of drug-likeness (QED) is 0.908. The van der Waals surface area contributed by atoms with Crippen molar-refractivity contribution in [3.8, 4) is 5.82 Å². The van der Waals surface area contributed by atoms with E-state index in [1.165, 1.54) is 0 Å². The molecule has 2 N–H and O–H groups in total. The van der Waals surface area contributed by atoms with Crippen LogP contribution in [-0.4, -0.2) is 31.4 Å². The molecule has 23 heavy (non-hydrogen) atoms. The minimum absolute atomic E-state index is 0.145. The minimum Gasteiger partial charge on any atom is -0.389 e. The van der Waals surface area contributed by atoms with Crippen molar-refractivity contribution in [1.82, 2.24) is 14.8 Å². The third kappa shape index (κ3) is 3.59. The van der Waals surface area contributed by atoms with Gasteiger partial charge in [-0.25, -0.2) is 9.67 Å². The third-order valence-electron chi connectivity index (χ3n) is 4.28. The fourth-order valence-electron chi connectivity index (χ4n) is 3.16. The summed E-state index contributed by atoms with van der Waals surface area (Å²) in [5.74, 6) is 0.540. The minimum atomic E-state index is -0.832. The summed E-state index contributed by atoms with van der Waals surface area (Å²) in [5, 5.41) is 17.5. The maximum atomic E-state index is 12.1. The van der Waals surface area contributed by atoms with Gasteiger partial charge >= 0.3 is 0 Å². The second kappa shape index (κ2) is 6.12. The van der Waals surface area contributed by atoms with E-state index in [9.17, 15) is 9.90 Å². The van der Waals surface area contributed by atoms with Gasteiger partial charge < -0.3 is 10.4 Å². The number of carbonyl (C=O) groups is 1. The molecule has 0 unspecified atom stereocenters. The van der Waals surface area contributed by atoms with E-state index in [0.717, 1.165) is 24.2 Å². The molecule has 2 aromatic rings. The zero-order chi connectivity index (χ0) is 16.4. The van der Waals surface area contributed by atoms with Crippen molar-refractivity contribution in [2.24, 2.45) is 0 Å². The first-order valence-corrected chi connectivity index (χ1v) is 7.97. The molecule has 0 aliphatic heterocycles. The van der Waals surface area contributed by atoms with Crippen LogP contribution in [0.15, 0.2) is 24.4 Å². The number of pyridine rings is 1. The zero-order valence-electron chi connectivity index (χ0n) is 13.5. The molecule has 6 heteroatoms. The summed E-state index contributed by atoms with van der Waals surface area (Å²) in [5.41, 5.74) is 1.74. The van der Waals surface area contributed by atoms with Crippen LogP contribution < -0.4 is 5.32 Å². The molecule has 122 valence electrons. The average Bonchev–Trinajstić information content (AvgIpc) is 3.05. The van der Waals surface area contributed by atoms with Gasteiger partial charge in [0.05, 0.1) is 29.6 Å². The summed E-state index contributed by atoms with van der Waals surface area (Å²) in [4.78, 5) is 16.4. The van der Waals surface area contributed by atoms with Crippen molar-refractivity contribution in [3.05, 3.63) is 35.8 Å². The van der Waals surface area contributed by atoms with E-state index >= 15 is 0 Å². The molecular formula is C17H22N4O2. The van der Waals surface area contributed by atoms with Crippen molar-refractivity contribution in [2.75, 3.05) is 5.32 Å². The Morgan fingerprint density at radius 1 is 1.35 bits per heavy atom. The van der Waals surface area contributed by atoms with Crippen molar-refractivity contribution in [1.29, 1.82) is 0 Å². The highest BCUT2D eigenvalue weighted by Crippen LogP contribution is 2.32. The van der Waals surface area contributed by atoms with Gasteiger partial charge in [-0.15, -0.1) is 0 Å². The van der Waals surface area contributed by atoms with Crippen LogP contribution in [0, 0.1) is 13.8 Å². The lowest BCUT2D eigenvalue weighted by Crippen LogP contribution is -2.30. The van der Waals surface area contributed by atoms with Gasteiger partial charge in [0.1, 0.15) is 0 Å². The van der Waals surface area contributed by atoms with Crippen LogP contribution in [0.2, 0.25) is 0 Å². The predicted octanol–water partition coefficient (Wildman–Crippen LogP) is 2.52. The summed E-state index contributed by atoms with van der Waals surface area (Å²) in [6.07, 6.45) is 5.14. The Morgan fingerprint density at radius 2 is 2.09 bits per heavy atom. The standard InChI is InChI=1S/C17H22N4O2/c1-12-9-13(2)21(20-12)15-6-5-14(11-18-15)19-16(22)10-17(23)7-3-4-8-17/h5-6,9,11,23H,3-4,7-8,10H2,1-2H3,(H,19,22). The lowest BCUT2D eigenvalue weighted by molar-refractivity contribution is -0.120. The van der Waals surface area contributed by atoms with Crippen LogP contribution in [0.25, 0.3) is 5.82 Å². The van der Waals surface area contributed by atoms with Gasteiger partial charge in [0.2, 0.25) is 5.91 Å². The van der Waals surface area contributed by atoms with E-state index in [-0.39, 0.29) is 12.3 Å². The maximum Gasteiger partial charge on any atom is 0.227 e. The Balaban J connectivity index is 1.65. The number of hydrogen-bond acceptors (Lipinski definition) is 4. The van der Waals surface area contributed by atoms with E-state index in [2.05, 4.69) is 15.4 Å². The molecule has 3 rings (SSSR count). The molecule has 6 nitrogen and oxygen atoms in total. The van der Waals surface area contributed by atoms with Gasteiger partial charge in [-0.1, -0.05) is 12.8 Å². The first-order valence-electron chi connectivity index (χ1n) is 7.97. The molecule has 0 aromatic carbocycles. The number of amides is 1. The number of aryl methyl sites for hydroxylation is 2. The lowest BCUT2D eigenvalue weighted by Gasteiger charge is -2.21. The summed E-state index contributed by atoms with van der Waals surface area (Å²) < 4.78 is 1.77. The first kappa shape index (κ1) is 15.7. The number of nitrogens with one attached hydrogen (secondary N) is 1. The molecule has 0 saturated heterocycles. The summed E-state index contributed by atoms with van der Waals surface area (Å²) in [6, 6.07) is 5.61. The van der Waals surface area contributed by atoms with E-state index < -0.39 is 5.60 Å². The molecule has 1 amide bonds. The highest BCUT2D eigenvalue weighted by atomic mass is 16.3. The van der Waals surface area contributed by atoms with Gasteiger partial charge in [0.15, 0.2) is 5.82 Å². The molecule has 1 aliphatic carbocycles. The second-order valence-corrected chi connectivity index (χ2v) is 6.40. The van der Waals surface area contributed by atoms with E-state index in [1.54, 1.807) is 16.9 Å². The molecule has 0 bridgehead atoms. The molecule has 2 aromatic heterocycles. The largest absolute Gasteiger partial charge is 0.389 e. The third-order valence-corrected chi connectivity index (χ3v) is 4.28. The van der Waals surface area contributed by atoms with E-state index in [0.29, 0.717) is 24.3 Å². The Morgan fingerprint density at radius 3 is 2.65 bits per heavy atom. The van der Waals surface area contributed by atoms with E-state index in [1.807, 2.05) is 26.0 Å². The summed E-state index contributed by atoms with van der Waals surface area (Å²) in [7, 11) is 0. The average molecular weight is 314 g/mol. The van der Waals surface area contributed by atoms with Crippen LogP contribution in [0.4, 0.5) is 5.69 Å². The number of aliphatic hydroxyl groups is 1. The van der Waals surface area contributed by atoms with Crippen LogP contribution in [-0.2, 0) is 4.79 Å². The molecule has 0 radical (unpaired) electrons. The number of nitrogens with zero attached hydrogens (tertiary/aromatic N) is 3. The Hall–Kier alpha value is -2.21.